The van der Waals surface area contributed by atoms with Crippen LogP contribution < -0.4 is 4.72 Å². The van der Waals surface area contributed by atoms with Crippen LogP contribution in [0.15, 0.2) is 24.3 Å². The Bertz CT molecular complexity index is 521. The van der Waals surface area contributed by atoms with E-state index in [1.54, 1.807) is 38.1 Å². The fourth-order valence-corrected chi connectivity index (χ4v) is 2.89. The minimum atomic E-state index is -3.54. The molecule has 0 bridgehead atoms. The average molecular weight is 286 g/mol. The second-order valence-electron chi connectivity index (χ2n) is 3.96. The van der Waals surface area contributed by atoms with Gasteiger partial charge in [-0.2, -0.15) is 12.7 Å². The van der Waals surface area contributed by atoms with E-state index >= 15 is 0 Å². The van der Waals surface area contributed by atoms with Gasteiger partial charge in [-0.3, -0.25) is 9.52 Å². The van der Waals surface area contributed by atoms with Crippen LogP contribution >= 0.6 is 0 Å². The molecule has 106 valence electrons. The summed E-state index contributed by atoms with van der Waals surface area (Å²) in [7, 11) is -3.54. The third-order valence-corrected chi connectivity index (χ3v) is 4.29. The van der Waals surface area contributed by atoms with Gasteiger partial charge >= 0.3 is 16.2 Å². The van der Waals surface area contributed by atoms with Gasteiger partial charge in [0.25, 0.3) is 0 Å². The monoisotopic (exact) mass is 286 g/mol. The molecule has 2 N–H and O–H groups in total. The first-order valence-electron chi connectivity index (χ1n) is 5.97. The molecular weight excluding hydrogens is 268 g/mol. The average Bonchev–Trinajstić information content (AvgIpc) is 2.31. The van der Waals surface area contributed by atoms with E-state index < -0.39 is 16.2 Å². The molecule has 0 atom stereocenters. The van der Waals surface area contributed by atoms with Crippen LogP contribution in [0.2, 0.25) is 0 Å². The quantitative estimate of drug-likeness (QED) is 0.791. The Morgan fingerprint density at radius 3 is 2.16 bits per heavy atom. The predicted molar refractivity (Wildman–Crippen MR) is 73.2 cm³/mol. The molecule has 1 aromatic carbocycles. The molecule has 0 fully saturated rings. The van der Waals surface area contributed by atoms with Crippen LogP contribution in [-0.4, -0.2) is 36.9 Å². The van der Waals surface area contributed by atoms with Crippen molar-refractivity contribution in [2.45, 2.75) is 20.3 Å². The van der Waals surface area contributed by atoms with E-state index in [0.29, 0.717) is 24.3 Å². The Morgan fingerprint density at radius 1 is 1.21 bits per heavy atom. The molecule has 0 amide bonds. The van der Waals surface area contributed by atoms with Gasteiger partial charge in [0.1, 0.15) is 0 Å². The summed E-state index contributed by atoms with van der Waals surface area (Å²) in [4.78, 5) is 10.5. The van der Waals surface area contributed by atoms with Crippen molar-refractivity contribution < 1.29 is 18.3 Å². The normalized spacial score (nSPS) is 11.5. The van der Waals surface area contributed by atoms with Gasteiger partial charge in [-0.05, 0) is 17.7 Å². The van der Waals surface area contributed by atoms with E-state index in [-0.39, 0.29) is 6.42 Å². The number of benzene rings is 1. The lowest BCUT2D eigenvalue weighted by Crippen LogP contribution is -2.35. The van der Waals surface area contributed by atoms with Crippen molar-refractivity contribution in [3.8, 4) is 0 Å². The minimum absolute atomic E-state index is 0.0803. The van der Waals surface area contributed by atoms with Gasteiger partial charge in [-0.25, -0.2) is 0 Å². The third kappa shape index (κ3) is 4.53. The number of carboxylic acids is 1. The molecule has 0 saturated heterocycles. The Morgan fingerprint density at radius 2 is 1.74 bits per heavy atom. The zero-order valence-electron chi connectivity index (χ0n) is 11.0. The van der Waals surface area contributed by atoms with E-state index in [1.807, 2.05) is 0 Å². The van der Waals surface area contributed by atoms with Crippen molar-refractivity contribution in [1.82, 2.24) is 4.31 Å². The number of rotatable bonds is 7. The lowest BCUT2D eigenvalue weighted by molar-refractivity contribution is -0.136. The van der Waals surface area contributed by atoms with Crippen molar-refractivity contribution in [1.29, 1.82) is 0 Å². The van der Waals surface area contributed by atoms with E-state index in [0.717, 1.165) is 0 Å². The molecule has 1 rings (SSSR count). The highest BCUT2D eigenvalue weighted by Gasteiger charge is 2.18. The van der Waals surface area contributed by atoms with Crippen molar-refractivity contribution in [3.63, 3.8) is 0 Å². The molecule has 0 aromatic heterocycles. The summed E-state index contributed by atoms with van der Waals surface area (Å²) in [6, 6.07) is 6.29. The fourth-order valence-electron chi connectivity index (χ4n) is 1.64. The van der Waals surface area contributed by atoms with Crippen LogP contribution in [0, 0.1) is 0 Å². The smallest absolute Gasteiger partial charge is 0.307 e. The molecule has 0 aliphatic heterocycles. The van der Waals surface area contributed by atoms with E-state index in [2.05, 4.69) is 4.72 Å². The largest absolute Gasteiger partial charge is 0.481 e. The van der Waals surface area contributed by atoms with Gasteiger partial charge < -0.3 is 5.11 Å². The molecule has 1 aromatic rings. The number of carboxylic acid groups (broad SMARTS) is 1. The summed E-state index contributed by atoms with van der Waals surface area (Å²) in [6.07, 6.45) is -0.0803. The molecule has 7 heteroatoms. The summed E-state index contributed by atoms with van der Waals surface area (Å²) in [5, 5.41) is 8.64. The minimum Gasteiger partial charge on any atom is -0.481 e. The Balaban J connectivity index is 2.80. The van der Waals surface area contributed by atoms with Crippen LogP contribution in [0.5, 0.6) is 0 Å². The van der Waals surface area contributed by atoms with Crippen molar-refractivity contribution in [3.05, 3.63) is 29.8 Å². The van der Waals surface area contributed by atoms with Crippen LogP contribution in [0.25, 0.3) is 0 Å². The summed E-state index contributed by atoms with van der Waals surface area (Å²) in [5.41, 5.74) is 1.04. The van der Waals surface area contributed by atoms with E-state index in [4.69, 9.17) is 5.11 Å². The number of nitrogens with one attached hydrogen (secondary N) is 1. The third-order valence-electron chi connectivity index (χ3n) is 2.60. The topological polar surface area (TPSA) is 86.7 Å². The lowest BCUT2D eigenvalue weighted by Gasteiger charge is -2.19. The van der Waals surface area contributed by atoms with Gasteiger partial charge in [0.2, 0.25) is 0 Å². The number of hydrogen-bond acceptors (Lipinski definition) is 3. The zero-order valence-corrected chi connectivity index (χ0v) is 11.8. The molecular formula is C12H18N2O4S. The zero-order chi connectivity index (χ0) is 14.5. The standard InChI is InChI=1S/C12H18N2O4S/c1-3-14(4-2)19(17,18)13-11-7-5-10(6-8-11)9-12(15)16/h5-8,13H,3-4,9H2,1-2H3,(H,15,16). The second-order valence-corrected chi connectivity index (χ2v) is 5.63. The summed E-state index contributed by atoms with van der Waals surface area (Å²) >= 11 is 0. The molecule has 0 spiro atoms. The predicted octanol–water partition coefficient (Wildman–Crippen LogP) is 1.31. The summed E-state index contributed by atoms with van der Waals surface area (Å²) < 4.78 is 27.6. The SMILES string of the molecule is CCN(CC)S(=O)(=O)Nc1ccc(CC(=O)O)cc1. The van der Waals surface area contributed by atoms with Gasteiger partial charge in [0.05, 0.1) is 6.42 Å². The molecule has 0 saturated carbocycles. The number of anilines is 1. The van der Waals surface area contributed by atoms with Gasteiger partial charge in [-0.15, -0.1) is 0 Å². The van der Waals surface area contributed by atoms with Crippen molar-refractivity contribution >= 4 is 21.9 Å². The van der Waals surface area contributed by atoms with E-state index in [9.17, 15) is 13.2 Å². The van der Waals surface area contributed by atoms with Gasteiger partial charge in [0, 0.05) is 18.8 Å². The maximum atomic E-state index is 11.9. The first-order chi connectivity index (χ1) is 8.89. The lowest BCUT2D eigenvalue weighted by atomic mass is 10.1. The molecule has 0 aliphatic carbocycles. The first kappa shape index (κ1) is 15.5. The highest BCUT2D eigenvalue weighted by Crippen LogP contribution is 2.13. The van der Waals surface area contributed by atoms with Gasteiger partial charge in [-0.1, -0.05) is 26.0 Å². The maximum Gasteiger partial charge on any atom is 0.307 e. The Labute approximate surface area is 113 Å². The second kappa shape index (κ2) is 6.53. The maximum absolute atomic E-state index is 11.9. The fraction of sp³-hybridized carbons (Fsp3) is 0.417. The summed E-state index contributed by atoms with van der Waals surface area (Å²) in [5.74, 6) is -0.920. The first-order valence-corrected chi connectivity index (χ1v) is 7.41. The highest BCUT2D eigenvalue weighted by atomic mass is 32.2. The van der Waals surface area contributed by atoms with Crippen LogP contribution in [0.1, 0.15) is 19.4 Å². The summed E-state index contributed by atoms with van der Waals surface area (Å²) in [6.45, 7) is 4.31. The Hall–Kier alpha value is -1.60. The van der Waals surface area contributed by atoms with Crippen molar-refractivity contribution in [2.75, 3.05) is 17.8 Å². The number of nitrogens with zero attached hydrogens (tertiary/aromatic N) is 1. The molecule has 0 heterocycles. The number of hydrogen-bond donors (Lipinski definition) is 2. The van der Waals surface area contributed by atoms with Crippen LogP contribution in [-0.2, 0) is 21.4 Å². The molecule has 0 unspecified atom stereocenters. The van der Waals surface area contributed by atoms with E-state index in [1.165, 1.54) is 4.31 Å². The molecule has 0 aliphatic rings. The highest BCUT2D eigenvalue weighted by molar-refractivity contribution is 7.90. The molecule has 0 radical (unpaired) electrons. The molecule has 6 nitrogen and oxygen atoms in total. The Kier molecular flexibility index (Phi) is 5.31. The van der Waals surface area contributed by atoms with Crippen LogP contribution in [0.4, 0.5) is 5.69 Å². The van der Waals surface area contributed by atoms with Crippen LogP contribution in [0.3, 0.4) is 0 Å². The van der Waals surface area contributed by atoms with Gasteiger partial charge in [0.15, 0.2) is 0 Å². The van der Waals surface area contributed by atoms with Crippen molar-refractivity contribution in [2.24, 2.45) is 0 Å². The number of aliphatic carboxylic acids is 1. The number of carbonyl (C=O) groups is 1. The molecule has 19 heavy (non-hydrogen) atoms.